The molecule has 1 atom stereocenters. The van der Waals surface area contributed by atoms with Gasteiger partial charge in [0.1, 0.15) is 6.04 Å². The van der Waals surface area contributed by atoms with Gasteiger partial charge in [-0.2, -0.15) is 10.2 Å². The maximum Gasteiger partial charge on any atom is 0.326 e. The number of aromatic nitrogens is 2. The first-order valence-corrected chi connectivity index (χ1v) is 5.41. The summed E-state index contributed by atoms with van der Waals surface area (Å²) >= 11 is 0. The van der Waals surface area contributed by atoms with Crippen molar-refractivity contribution in [1.29, 1.82) is 0 Å². The Morgan fingerprint density at radius 3 is 2.68 bits per heavy atom. The van der Waals surface area contributed by atoms with Gasteiger partial charge in [-0.1, -0.05) is 0 Å². The third-order valence-corrected chi connectivity index (χ3v) is 2.31. The molecule has 1 heterocycles. The van der Waals surface area contributed by atoms with Crippen molar-refractivity contribution in [2.45, 2.75) is 18.9 Å². The summed E-state index contributed by atoms with van der Waals surface area (Å²) in [5.41, 5.74) is 0.194. The fourth-order valence-electron chi connectivity index (χ4n) is 1.29. The lowest BCUT2D eigenvalue weighted by Gasteiger charge is -2.13. The van der Waals surface area contributed by atoms with Crippen LogP contribution in [-0.2, 0) is 14.3 Å². The third kappa shape index (κ3) is 4.70. The molecular weight excluding hydrogens is 254 g/mol. The van der Waals surface area contributed by atoms with Gasteiger partial charge in [0.25, 0.3) is 5.91 Å². The molecule has 102 valence electrons. The maximum atomic E-state index is 11.7. The largest absolute Gasteiger partial charge is 0.480 e. The van der Waals surface area contributed by atoms with E-state index in [2.05, 4.69) is 20.3 Å². The van der Waals surface area contributed by atoms with Gasteiger partial charge < -0.3 is 15.2 Å². The van der Waals surface area contributed by atoms with Crippen LogP contribution in [0.5, 0.6) is 0 Å². The number of ether oxygens (including phenoxy) is 1. The number of esters is 1. The van der Waals surface area contributed by atoms with Crippen LogP contribution in [-0.4, -0.2) is 46.3 Å². The number of aliphatic carboxylic acids is 1. The van der Waals surface area contributed by atoms with Crippen LogP contribution in [0.15, 0.2) is 18.5 Å². The van der Waals surface area contributed by atoms with Gasteiger partial charge >= 0.3 is 11.9 Å². The molecule has 0 aromatic carbocycles. The van der Waals surface area contributed by atoms with E-state index in [-0.39, 0.29) is 18.4 Å². The van der Waals surface area contributed by atoms with Gasteiger partial charge in [-0.15, -0.1) is 0 Å². The fourth-order valence-corrected chi connectivity index (χ4v) is 1.29. The van der Waals surface area contributed by atoms with Crippen molar-refractivity contribution in [3.8, 4) is 0 Å². The zero-order chi connectivity index (χ0) is 14.3. The van der Waals surface area contributed by atoms with Crippen molar-refractivity contribution in [2.24, 2.45) is 0 Å². The molecule has 0 saturated heterocycles. The topological polar surface area (TPSA) is 118 Å². The number of nitrogens with one attached hydrogen (secondary N) is 1. The molecule has 19 heavy (non-hydrogen) atoms. The molecule has 1 aromatic heterocycles. The molecule has 1 amide bonds. The van der Waals surface area contributed by atoms with Crippen LogP contribution in [0.4, 0.5) is 0 Å². The Bertz CT molecular complexity index is 463. The standard InChI is InChI=1S/C11H13N3O5/c1-19-9(15)3-2-8(11(17)18)14-10(16)7-4-5-12-13-6-7/h4-6,8H,2-3H2,1H3,(H,14,16)(H,17,18)/t8-/m0/s1. The van der Waals surface area contributed by atoms with E-state index in [1.807, 2.05) is 0 Å². The van der Waals surface area contributed by atoms with E-state index in [1.165, 1.54) is 25.6 Å². The van der Waals surface area contributed by atoms with E-state index in [1.54, 1.807) is 0 Å². The van der Waals surface area contributed by atoms with Crippen LogP contribution in [0.1, 0.15) is 23.2 Å². The highest BCUT2D eigenvalue weighted by molar-refractivity contribution is 5.96. The van der Waals surface area contributed by atoms with Gasteiger partial charge in [-0.05, 0) is 12.5 Å². The summed E-state index contributed by atoms with van der Waals surface area (Å²) in [7, 11) is 1.21. The first-order valence-electron chi connectivity index (χ1n) is 5.41. The summed E-state index contributed by atoms with van der Waals surface area (Å²) in [5, 5.41) is 18.3. The minimum absolute atomic E-state index is 0.0493. The average Bonchev–Trinajstić information content (AvgIpc) is 2.43. The van der Waals surface area contributed by atoms with E-state index >= 15 is 0 Å². The number of rotatable bonds is 6. The molecule has 8 nitrogen and oxygen atoms in total. The number of methoxy groups -OCH3 is 1. The van der Waals surface area contributed by atoms with Gasteiger partial charge in [-0.25, -0.2) is 4.79 Å². The van der Waals surface area contributed by atoms with Crippen molar-refractivity contribution >= 4 is 17.8 Å². The quantitative estimate of drug-likeness (QED) is 0.674. The minimum Gasteiger partial charge on any atom is -0.480 e. The summed E-state index contributed by atoms with van der Waals surface area (Å²) < 4.78 is 4.41. The molecule has 0 fully saturated rings. The maximum absolute atomic E-state index is 11.7. The Morgan fingerprint density at radius 1 is 1.42 bits per heavy atom. The second kappa shape index (κ2) is 7.04. The Labute approximate surface area is 108 Å². The van der Waals surface area contributed by atoms with Crippen molar-refractivity contribution < 1.29 is 24.2 Å². The number of nitrogens with zero attached hydrogens (tertiary/aromatic N) is 2. The number of amides is 1. The highest BCUT2D eigenvalue weighted by Gasteiger charge is 2.21. The molecule has 0 saturated carbocycles. The first-order chi connectivity index (χ1) is 9.04. The van der Waals surface area contributed by atoms with E-state index in [9.17, 15) is 14.4 Å². The second-order valence-corrected chi connectivity index (χ2v) is 3.61. The lowest BCUT2D eigenvalue weighted by atomic mass is 10.1. The van der Waals surface area contributed by atoms with E-state index in [0.717, 1.165) is 0 Å². The summed E-state index contributed by atoms with van der Waals surface area (Å²) in [5.74, 6) is -2.35. The van der Waals surface area contributed by atoms with Gasteiger partial charge in [0, 0.05) is 6.42 Å². The highest BCUT2D eigenvalue weighted by Crippen LogP contribution is 2.02. The summed E-state index contributed by atoms with van der Waals surface area (Å²) in [6, 6.07) is 0.237. The second-order valence-electron chi connectivity index (χ2n) is 3.61. The van der Waals surface area contributed by atoms with Crippen LogP contribution in [0.2, 0.25) is 0 Å². The number of carbonyl (C=O) groups excluding carboxylic acids is 2. The Morgan fingerprint density at radius 2 is 2.16 bits per heavy atom. The van der Waals surface area contributed by atoms with E-state index < -0.39 is 23.9 Å². The van der Waals surface area contributed by atoms with Gasteiger partial charge in [0.2, 0.25) is 0 Å². The molecular formula is C11H13N3O5. The smallest absolute Gasteiger partial charge is 0.326 e. The normalized spacial score (nSPS) is 11.4. The number of carboxylic acid groups (broad SMARTS) is 1. The van der Waals surface area contributed by atoms with E-state index in [4.69, 9.17) is 5.11 Å². The molecule has 0 spiro atoms. The molecule has 2 N–H and O–H groups in total. The average molecular weight is 267 g/mol. The Balaban J connectivity index is 2.61. The molecule has 0 unspecified atom stereocenters. The molecule has 0 bridgehead atoms. The van der Waals surface area contributed by atoms with Crippen molar-refractivity contribution in [1.82, 2.24) is 15.5 Å². The van der Waals surface area contributed by atoms with E-state index in [0.29, 0.717) is 0 Å². The van der Waals surface area contributed by atoms with Gasteiger partial charge in [0.05, 0.1) is 25.1 Å². The lowest BCUT2D eigenvalue weighted by molar-refractivity contribution is -0.142. The number of carboxylic acids is 1. The van der Waals surface area contributed by atoms with Crippen LogP contribution in [0.25, 0.3) is 0 Å². The minimum atomic E-state index is -1.22. The number of carbonyl (C=O) groups is 3. The predicted octanol–water partition coefficient (Wildman–Crippen LogP) is -0.387. The van der Waals surface area contributed by atoms with Gasteiger partial charge in [0.15, 0.2) is 0 Å². The molecule has 1 aromatic rings. The fraction of sp³-hybridized carbons (Fsp3) is 0.364. The van der Waals surface area contributed by atoms with Crippen molar-refractivity contribution in [2.75, 3.05) is 7.11 Å². The van der Waals surface area contributed by atoms with Gasteiger partial charge in [-0.3, -0.25) is 9.59 Å². The summed E-state index contributed by atoms with van der Waals surface area (Å²) in [6.45, 7) is 0. The summed E-state index contributed by atoms with van der Waals surface area (Å²) in [6.07, 6.45) is 2.39. The first kappa shape index (κ1) is 14.6. The SMILES string of the molecule is COC(=O)CC[C@H](NC(=O)c1ccnnc1)C(=O)O. The highest BCUT2D eigenvalue weighted by atomic mass is 16.5. The van der Waals surface area contributed by atoms with Crippen molar-refractivity contribution in [3.05, 3.63) is 24.0 Å². The van der Waals surface area contributed by atoms with Crippen LogP contribution in [0, 0.1) is 0 Å². The molecule has 0 aliphatic carbocycles. The van der Waals surface area contributed by atoms with Crippen molar-refractivity contribution in [3.63, 3.8) is 0 Å². The third-order valence-electron chi connectivity index (χ3n) is 2.31. The number of hydrogen-bond acceptors (Lipinski definition) is 6. The molecule has 0 aliphatic heterocycles. The van der Waals surface area contributed by atoms with Crippen LogP contribution >= 0.6 is 0 Å². The molecule has 0 aliphatic rings. The van der Waals surface area contributed by atoms with Crippen LogP contribution < -0.4 is 5.32 Å². The lowest BCUT2D eigenvalue weighted by Crippen LogP contribution is -2.41. The zero-order valence-corrected chi connectivity index (χ0v) is 10.2. The Hall–Kier alpha value is -2.51. The predicted molar refractivity (Wildman–Crippen MR) is 62.2 cm³/mol. The molecule has 1 rings (SSSR count). The molecule has 0 radical (unpaired) electrons. The Kier molecular flexibility index (Phi) is 5.39. The molecule has 8 heteroatoms. The monoisotopic (exact) mass is 267 g/mol. The summed E-state index contributed by atoms with van der Waals surface area (Å²) in [4.78, 5) is 33.6. The number of hydrogen-bond donors (Lipinski definition) is 2. The zero-order valence-electron chi connectivity index (χ0n) is 10.2. The van der Waals surface area contributed by atoms with Crippen LogP contribution in [0.3, 0.4) is 0 Å².